The van der Waals surface area contributed by atoms with E-state index >= 15 is 0 Å². The average molecular weight is 563 g/mol. The molecule has 10 heteroatoms. The highest BCUT2D eigenvalue weighted by molar-refractivity contribution is 7.12. The maximum Gasteiger partial charge on any atom is 0.304 e. The van der Waals surface area contributed by atoms with Crippen molar-refractivity contribution >= 4 is 28.9 Å². The Morgan fingerprint density at radius 1 is 1.10 bits per heavy atom. The number of ketones is 1. The molecule has 4 heterocycles. The maximum absolute atomic E-state index is 13.2. The predicted octanol–water partition coefficient (Wildman–Crippen LogP) is 4.31. The van der Waals surface area contributed by atoms with Crippen molar-refractivity contribution in [2.75, 3.05) is 44.2 Å². The van der Waals surface area contributed by atoms with Gasteiger partial charge < -0.3 is 10.0 Å². The molecule has 0 radical (unpaired) electrons. The Morgan fingerprint density at radius 2 is 1.93 bits per heavy atom. The van der Waals surface area contributed by atoms with Gasteiger partial charge in [0, 0.05) is 55.8 Å². The summed E-state index contributed by atoms with van der Waals surface area (Å²) in [5.41, 5.74) is 3.63. The summed E-state index contributed by atoms with van der Waals surface area (Å²) in [6.45, 7) is 9.95. The van der Waals surface area contributed by atoms with Gasteiger partial charge in [-0.1, -0.05) is 30.7 Å². The second-order valence-electron chi connectivity index (χ2n) is 10.8. The number of thiazole rings is 1. The Bertz CT molecular complexity index is 1320. The Labute approximate surface area is 239 Å². The van der Waals surface area contributed by atoms with Crippen LogP contribution < -0.4 is 4.90 Å². The van der Waals surface area contributed by atoms with Crippen LogP contribution in [0.1, 0.15) is 58.5 Å². The highest BCUT2D eigenvalue weighted by Crippen LogP contribution is 2.33. The molecule has 5 rings (SSSR count). The lowest BCUT2D eigenvalue weighted by Gasteiger charge is -2.34. The van der Waals surface area contributed by atoms with Gasteiger partial charge in [0.25, 0.3) is 0 Å². The molecule has 2 fully saturated rings. The van der Waals surface area contributed by atoms with Gasteiger partial charge in [0.15, 0.2) is 5.78 Å². The Kier molecular flexibility index (Phi) is 9.18. The van der Waals surface area contributed by atoms with Crippen molar-refractivity contribution in [2.45, 2.75) is 58.5 Å². The summed E-state index contributed by atoms with van der Waals surface area (Å²) >= 11 is 1.64. The molecule has 0 saturated carbocycles. The molecular formula is C30H38N6O3S. The summed E-state index contributed by atoms with van der Waals surface area (Å²) in [5.74, 6) is -0.115. The van der Waals surface area contributed by atoms with Crippen LogP contribution in [-0.4, -0.2) is 86.9 Å². The zero-order valence-corrected chi connectivity index (χ0v) is 24.2. The standard InChI is InChI=1S/C30H38N6O3S/c1-3-23-8-5-10-36(23)20-26-30(22-7-4-6-21(2)16-22)33-28(40-26)17-25(37)24-18-32-27(19-31-24)35-14-12-34(13-15-35)11-9-29(38)39/h4,6-7,16,18-19,23H,3,5,8-15,17,20H2,1-2H3,(H,38,39)/t23-/m1/s1. The largest absolute Gasteiger partial charge is 0.481 e. The van der Waals surface area contributed by atoms with E-state index < -0.39 is 5.97 Å². The molecule has 0 bridgehead atoms. The summed E-state index contributed by atoms with van der Waals surface area (Å²) in [4.78, 5) is 46.1. The SMILES string of the molecule is CC[C@@H]1CCCN1Cc1sc(CC(=O)c2cnc(N3CCN(CCC(=O)O)CC3)cn2)nc1-c1cccc(C)c1. The lowest BCUT2D eigenvalue weighted by Crippen LogP contribution is -2.47. The number of aliphatic carboxylic acids is 1. The average Bonchev–Trinajstić information content (AvgIpc) is 3.58. The minimum Gasteiger partial charge on any atom is -0.481 e. The number of aryl methyl sites for hydroxylation is 1. The monoisotopic (exact) mass is 562 g/mol. The van der Waals surface area contributed by atoms with Gasteiger partial charge in [-0.15, -0.1) is 11.3 Å². The Balaban J connectivity index is 1.26. The molecule has 2 aromatic heterocycles. The summed E-state index contributed by atoms with van der Waals surface area (Å²) in [6, 6.07) is 9.04. The van der Waals surface area contributed by atoms with E-state index in [2.05, 4.69) is 62.8 Å². The molecule has 0 amide bonds. The van der Waals surface area contributed by atoms with Gasteiger partial charge in [0.05, 0.1) is 30.9 Å². The summed E-state index contributed by atoms with van der Waals surface area (Å²) in [7, 11) is 0. The van der Waals surface area contributed by atoms with Crippen LogP contribution in [0.25, 0.3) is 11.3 Å². The topological polar surface area (TPSA) is 103 Å². The van der Waals surface area contributed by atoms with Crippen LogP contribution in [0, 0.1) is 6.92 Å². The van der Waals surface area contributed by atoms with Gasteiger partial charge in [-0.05, 0) is 38.8 Å². The van der Waals surface area contributed by atoms with Crippen molar-refractivity contribution in [1.29, 1.82) is 0 Å². The first-order valence-corrected chi connectivity index (χ1v) is 15.0. The number of likely N-dealkylation sites (tertiary alicyclic amines) is 1. The number of aromatic nitrogens is 3. The van der Waals surface area contributed by atoms with E-state index in [0.717, 1.165) is 67.8 Å². The number of piperazine rings is 1. The number of nitrogens with zero attached hydrogens (tertiary/aromatic N) is 6. The van der Waals surface area contributed by atoms with Crippen molar-refractivity contribution in [2.24, 2.45) is 0 Å². The van der Waals surface area contributed by atoms with E-state index in [9.17, 15) is 9.59 Å². The smallest absolute Gasteiger partial charge is 0.304 e. The molecule has 212 valence electrons. The number of carboxylic acid groups (broad SMARTS) is 1. The van der Waals surface area contributed by atoms with Crippen LogP contribution >= 0.6 is 11.3 Å². The molecule has 2 aliphatic rings. The Hall–Kier alpha value is -3.21. The lowest BCUT2D eigenvalue weighted by molar-refractivity contribution is -0.137. The molecule has 0 unspecified atom stereocenters. The number of carboxylic acids is 1. The fourth-order valence-electron chi connectivity index (χ4n) is 5.66. The zero-order chi connectivity index (χ0) is 28.1. The van der Waals surface area contributed by atoms with Crippen LogP contribution in [0.2, 0.25) is 0 Å². The molecule has 3 aromatic rings. The highest BCUT2D eigenvalue weighted by Gasteiger charge is 2.26. The van der Waals surface area contributed by atoms with E-state index in [1.54, 1.807) is 23.7 Å². The zero-order valence-electron chi connectivity index (χ0n) is 23.4. The third kappa shape index (κ3) is 6.92. The number of anilines is 1. The molecule has 1 N–H and O–H groups in total. The fourth-order valence-corrected chi connectivity index (χ4v) is 6.78. The summed E-state index contributed by atoms with van der Waals surface area (Å²) in [6.07, 6.45) is 7.23. The normalized spacial score (nSPS) is 18.4. The molecule has 9 nitrogen and oxygen atoms in total. The number of benzene rings is 1. The van der Waals surface area contributed by atoms with Crippen LogP contribution in [0.5, 0.6) is 0 Å². The first-order valence-electron chi connectivity index (χ1n) is 14.2. The lowest BCUT2D eigenvalue weighted by atomic mass is 10.1. The van der Waals surface area contributed by atoms with Gasteiger partial charge in [0.2, 0.25) is 0 Å². The van der Waals surface area contributed by atoms with Crippen LogP contribution in [0.4, 0.5) is 5.82 Å². The van der Waals surface area contributed by atoms with Gasteiger partial charge in [-0.2, -0.15) is 0 Å². The first-order chi connectivity index (χ1) is 19.4. The number of hydrogen-bond acceptors (Lipinski definition) is 9. The first kappa shape index (κ1) is 28.3. The second-order valence-corrected chi connectivity index (χ2v) is 11.9. The molecular weight excluding hydrogens is 524 g/mol. The van der Waals surface area contributed by atoms with Crippen molar-refractivity contribution in [3.05, 3.63) is 57.8 Å². The van der Waals surface area contributed by atoms with Crippen molar-refractivity contribution < 1.29 is 14.7 Å². The minimum atomic E-state index is -0.773. The molecule has 2 aliphatic heterocycles. The van der Waals surface area contributed by atoms with Crippen molar-refractivity contribution in [3.63, 3.8) is 0 Å². The third-order valence-electron chi connectivity index (χ3n) is 7.92. The second kappa shape index (κ2) is 13.0. The number of carbonyl (C=O) groups is 2. The molecule has 40 heavy (non-hydrogen) atoms. The quantitative estimate of drug-likeness (QED) is 0.343. The number of hydrogen-bond donors (Lipinski definition) is 1. The third-order valence-corrected chi connectivity index (χ3v) is 8.96. The van der Waals surface area contributed by atoms with Gasteiger partial charge in [0.1, 0.15) is 16.5 Å². The van der Waals surface area contributed by atoms with Crippen molar-refractivity contribution in [1.82, 2.24) is 24.8 Å². The molecule has 1 aromatic carbocycles. The fraction of sp³-hybridized carbons (Fsp3) is 0.500. The van der Waals surface area contributed by atoms with Crippen molar-refractivity contribution in [3.8, 4) is 11.3 Å². The van der Waals surface area contributed by atoms with Crippen LogP contribution in [-0.2, 0) is 17.8 Å². The van der Waals surface area contributed by atoms with E-state index in [1.807, 2.05) is 0 Å². The minimum absolute atomic E-state index is 0.0822. The number of carbonyl (C=O) groups excluding carboxylic acids is 1. The molecule has 2 saturated heterocycles. The summed E-state index contributed by atoms with van der Waals surface area (Å²) in [5, 5.41) is 9.72. The molecule has 0 spiro atoms. The predicted molar refractivity (Wildman–Crippen MR) is 157 cm³/mol. The maximum atomic E-state index is 13.2. The van der Waals surface area contributed by atoms with Crippen LogP contribution in [0.3, 0.4) is 0 Å². The molecule has 1 atom stereocenters. The van der Waals surface area contributed by atoms with E-state index in [-0.39, 0.29) is 18.6 Å². The van der Waals surface area contributed by atoms with Gasteiger partial charge in [-0.3, -0.25) is 19.4 Å². The van der Waals surface area contributed by atoms with Gasteiger partial charge in [-0.25, -0.2) is 15.0 Å². The van der Waals surface area contributed by atoms with E-state index in [0.29, 0.717) is 18.3 Å². The van der Waals surface area contributed by atoms with E-state index in [4.69, 9.17) is 10.1 Å². The van der Waals surface area contributed by atoms with Gasteiger partial charge >= 0.3 is 5.97 Å². The molecule has 0 aliphatic carbocycles. The van der Waals surface area contributed by atoms with Crippen LogP contribution in [0.15, 0.2) is 36.7 Å². The number of Topliss-reactive ketones (excluding diaryl/α,β-unsaturated/α-hetero) is 1. The van der Waals surface area contributed by atoms with E-state index in [1.165, 1.54) is 23.3 Å². The highest BCUT2D eigenvalue weighted by atomic mass is 32.1. The summed E-state index contributed by atoms with van der Waals surface area (Å²) < 4.78 is 0. The number of rotatable bonds is 11. The Morgan fingerprint density at radius 3 is 2.62 bits per heavy atom.